The van der Waals surface area contributed by atoms with Crippen LogP contribution < -0.4 is 0 Å². The Bertz CT molecular complexity index is 1430. The maximum atomic E-state index is 13.2. The zero-order valence-electron chi connectivity index (χ0n) is 21.2. The minimum atomic E-state index is -3.68. The molecule has 0 radical (unpaired) electrons. The van der Waals surface area contributed by atoms with Gasteiger partial charge in [-0.15, -0.1) is 0 Å². The number of piperidine rings is 1. The molecule has 1 aliphatic heterocycles. The van der Waals surface area contributed by atoms with E-state index in [1.807, 2.05) is 30.3 Å². The van der Waals surface area contributed by atoms with Crippen LogP contribution in [0.2, 0.25) is 0 Å². The van der Waals surface area contributed by atoms with E-state index in [0.29, 0.717) is 43.0 Å². The first-order valence-corrected chi connectivity index (χ1v) is 14.0. The Morgan fingerprint density at radius 1 is 1.05 bits per heavy atom. The van der Waals surface area contributed by atoms with E-state index in [4.69, 9.17) is 5.10 Å². The van der Waals surface area contributed by atoms with Crippen LogP contribution in [0.5, 0.6) is 0 Å². The number of nitriles is 1. The Morgan fingerprint density at radius 2 is 1.76 bits per heavy atom. The minimum absolute atomic E-state index is 0.0303. The normalized spacial score (nSPS) is 14.5. The summed E-state index contributed by atoms with van der Waals surface area (Å²) in [6.45, 7) is 5.61. The summed E-state index contributed by atoms with van der Waals surface area (Å²) < 4.78 is 29.4. The van der Waals surface area contributed by atoms with Gasteiger partial charge in [-0.25, -0.2) is 13.1 Å². The number of likely N-dealkylation sites (tertiary alicyclic amines) is 1. The summed E-state index contributed by atoms with van der Waals surface area (Å²) >= 11 is 0. The SMILES string of the molecule is CCN(CC)S(=O)(=O)c1cccc(-c2nn(-c3ccccc3)cc2C=C(C#N)C(=O)N2CCCCC2)c1. The molecule has 1 fully saturated rings. The van der Waals surface area contributed by atoms with Crippen molar-refractivity contribution in [2.45, 2.75) is 38.0 Å². The van der Waals surface area contributed by atoms with E-state index in [-0.39, 0.29) is 16.4 Å². The smallest absolute Gasteiger partial charge is 0.264 e. The molecule has 1 amide bonds. The lowest BCUT2D eigenvalue weighted by molar-refractivity contribution is -0.127. The van der Waals surface area contributed by atoms with Crippen molar-refractivity contribution in [2.24, 2.45) is 0 Å². The molecule has 37 heavy (non-hydrogen) atoms. The van der Waals surface area contributed by atoms with Crippen molar-refractivity contribution in [3.8, 4) is 23.0 Å². The van der Waals surface area contributed by atoms with Gasteiger partial charge in [0.2, 0.25) is 10.0 Å². The summed E-state index contributed by atoms with van der Waals surface area (Å²) in [6, 6.07) is 18.2. The predicted octanol–water partition coefficient (Wildman–Crippen LogP) is 4.49. The molecule has 0 saturated carbocycles. The average molecular weight is 518 g/mol. The largest absolute Gasteiger partial charge is 0.338 e. The lowest BCUT2D eigenvalue weighted by Crippen LogP contribution is -2.36. The fourth-order valence-electron chi connectivity index (χ4n) is 4.51. The minimum Gasteiger partial charge on any atom is -0.338 e. The number of aromatic nitrogens is 2. The number of carbonyl (C=O) groups is 1. The molecule has 0 N–H and O–H groups in total. The topological polar surface area (TPSA) is 99.3 Å². The molecule has 0 unspecified atom stereocenters. The average Bonchev–Trinajstić information content (AvgIpc) is 3.37. The molecule has 2 aromatic carbocycles. The van der Waals surface area contributed by atoms with Crippen LogP contribution in [0, 0.1) is 11.3 Å². The molecule has 8 nitrogen and oxygen atoms in total. The summed E-state index contributed by atoms with van der Waals surface area (Å²) in [6.07, 6.45) is 6.25. The zero-order valence-corrected chi connectivity index (χ0v) is 22.0. The highest BCUT2D eigenvalue weighted by atomic mass is 32.2. The summed E-state index contributed by atoms with van der Waals surface area (Å²) in [7, 11) is -3.68. The number of nitrogens with zero attached hydrogens (tertiary/aromatic N) is 5. The third-order valence-corrected chi connectivity index (χ3v) is 8.55. The molecule has 0 spiro atoms. The van der Waals surface area contributed by atoms with Crippen LogP contribution in [0.4, 0.5) is 0 Å². The number of para-hydroxylation sites is 1. The van der Waals surface area contributed by atoms with Crippen LogP contribution >= 0.6 is 0 Å². The van der Waals surface area contributed by atoms with Gasteiger partial charge in [0, 0.05) is 43.5 Å². The third kappa shape index (κ3) is 5.66. The van der Waals surface area contributed by atoms with E-state index in [9.17, 15) is 18.5 Å². The number of sulfonamides is 1. The first-order valence-electron chi connectivity index (χ1n) is 12.6. The van der Waals surface area contributed by atoms with Gasteiger partial charge in [0.05, 0.1) is 10.6 Å². The number of hydrogen-bond donors (Lipinski definition) is 0. The van der Waals surface area contributed by atoms with Gasteiger partial charge in [-0.3, -0.25) is 4.79 Å². The van der Waals surface area contributed by atoms with Crippen molar-refractivity contribution < 1.29 is 13.2 Å². The number of rotatable bonds is 8. The van der Waals surface area contributed by atoms with E-state index < -0.39 is 10.0 Å². The van der Waals surface area contributed by atoms with E-state index in [1.54, 1.807) is 60.0 Å². The Hall–Kier alpha value is -3.74. The summed E-state index contributed by atoms with van der Waals surface area (Å²) in [5, 5.41) is 14.6. The van der Waals surface area contributed by atoms with Crippen LogP contribution in [-0.4, -0.2) is 59.5 Å². The molecule has 192 valence electrons. The van der Waals surface area contributed by atoms with Crippen LogP contribution in [0.15, 0.2) is 71.3 Å². The van der Waals surface area contributed by atoms with Gasteiger partial charge in [-0.1, -0.05) is 44.2 Å². The predicted molar refractivity (Wildman–Crippen MR) is 143 cm³/mol. The maximum absolute atomic E-state index is 13.2. The van der Waals surface area contributed by atoms with Gasteiger partial charge >= 0.3 is 0 Å². The van der Waals surface area contributed by atoms with Gasteiger partial charge in [0.25, 0.3) is 5.91 Å². The summed E-state index contributed by atoms with van der Waals surface area (Å²) in [5.74, 6) is -0.293. The van der Waals surface area contributed by atoms with Gasteiger partial charge in [-0.05, 0) is 49.6 Å². The molecule has 3 aromatic rings. The standard InChI is InChI=1S/C28H31N5O3S/c1-3-32(4-2)37(35,36)26-15-11-12-22(19-26)27-24(21-33(30-27)25-13-7-5-8-14-25)18-23(20-29)28(34)31-16-9-6-10-17-31/h5,7-8,11-15,18-19,21H,3-4,6,9-10,16-17H2,1-2H3. The Kier molecular flexibility index (Phi) is 8.21. The fraction of sp³-hybridized carbons (Fsp3) is 0.321. The van der Waals surface area contributed by atoms with Gasteiger partial charge in [0.15, 0.2) is 0 Å². The number of carbonyl (C=O) groups excluding carboxylic acids is 1. The maximum Gasteiger partial charge on any atom is 0.264 e. The first-order chi connectivity index (χ1) is 17.9. The molecule has 1 aliphatic rings. The van der Waals surface area contributed by atoms with E-state index >= 15 is 0 Å². The Labute approximate surface area is 218 Å². The molecule has 2 heterocycles. The molecule has 0 aliphatic carbocycles. The van der Waals surface area contributed by atoms with Crippen LogP contribution in [0.1, 0.15) is 38.7 Å². The fourth-order valence-corrected chi connectivity index (χ4v) is 6.02. The molecular formula is C28H31N5O3S. The summed E-state index contributed by atoms with van der Waals surface area (Å²) in [4.78, 5) is 15.0. The zero-order chi connectivity index (χ0) is 26.4. The van der Waals surface area contributed by atoms with Crippen molar-refractivity contribution >= 4 is 22.0 Å². The second-order valence-corrected chi connectivity index (χ2v) is 10.8. The molecular weight excluding hydrogens is 486 g/mol. The number of hydrogen-bond acceptors (Lipinski definition) is 5. The molecule has 0 atom stereocenters. The van der Waals surface area contributed by atoms with Crippen molar-refractivity contribution in [3.05, 3.63) is 71.9 Å². The van der Waals surface area contributed by atoms with Crippen LogP contribution in [0.3, 0.4) is 0 Å². The van der Waals surface area contributed by atoms with Crippen LogP contribution in [-0.2, 0) is 14.8 Å². The Balaban J connectivity index is 1.82. The molecule has 4 rings (SSSR count). The van der Waals surface area contributed by atoms with E-state index in [1.165, 1.54) is 4.31 Å². The number of benzene rings is 2. The second-order valence-electron chi connectivity index (χ2n) is 8.85. The van der Waals surface area contributed by atoms with Crippen molar-refractivity contribution in [3.63, 3.8) is 0 Å². The molecule has 9 heteroatoms. The highest BCUT2D eigenvalue weighted by Crippen LogP contribution is 2.29. The first kappa shape index (κ1) is 26.3. The quantitative estimate of drug-likeness (QED) is 0.324. The number of amides is 1. The van der Waals surface area contributed by atoms with Crippen LogP contribution in [0.25, 0.3) is 23.0 Å². The lowest BCUT2D eigenvalue weighted by Gasteiger charge is -2.26. The Morgan fingerprint density at radius 3 is 2.41 bits per heavy atom. The molecule has 0 bridgehead atoms. The van der Waals surface area contributed by atoms with Gasteiger partial charge < -0.3 is 4.90 Å². The van der Waals surface area contributed by atoms with E-state index in [0.717, 1.165) is 24.9 Å². The van der Waals surface area contributed by atoms with Crippen molar-refractivity contribution in [1.82, 2.24) is 19.0 Å². The third-order valence-electron chi connectivity index (χ3n) is 6.51. The van der Waals surface area contributed by atoms with Crippen molar-refractivity contribution in [2.75, 3.05) is 26.2 Å². The molecule has 1 aromatic heterocycles. The monoisotopic (exact) mass is 517 g/mol. The van der Waals surface area contributed by atoms with Gasteiger partial charge in [0.1, 0.15) is 17.3 Å². The summed E-state index contributed by atoms with van der Waals surface area (Å²) in [5.41, 5.74) is 2.46. The van der Waals surface area contributed by atoms with Gasteiger partial charge in [-0.2, -0.15) is 14.7 Å². The molecule has 1 saturated heterocycles. The van der Waals surface area contributed by atoms with Crippen molar-refractivity contribution in [1.29, 1.82) is 5.26 Å². The lowest BCUT2D eigenvalue weighted by atomic mass is 10.0. The highest BCUT2D eigenvalue weighted by molar-refractivity contribution is 7.89. The van der Waals surface area contributed by atoms with E-state index in [2.05, 4.69) is 6.07 Å². The second kappa shape index (κ2) is 11.5. The highest BCUT2D eigenvalue weighted by Gasteiger charge is 2.24.